The van der Waals surface area contributed by atoms with Crippen LogP contribution >= 0.6 is 0 Å². The predicted molar refractivity (Wildman–Crippen MR) is 111 cm³/mol. The number of nitrogens with zero attached hydrogens (tertiary/aromatic N) is 3. The topological polar surface area (TPSA) is 89.7 Å². The molecule has 0 spiro atoms. The summed E-state index contributed by atoms with van der Waals surface area (Å²) in [6, 6.07) is 7.47. The second-order valence-corrected chi connectivity index (χ2v) is 8.25. The first-order valence-electron chi connectivity index (χ1n) is 10.1. The van der Waals surface area contributed by atoms with Gasteiger partial charge in [0, 0.05) is 11.6 Å². The molecule has 1 amide bonds. The molecule has 30 heavy (non-hydrogen) atoms. The molecule has 8 heteroatoms. The molecule has 2 fully saturated rings. The van der Waals surface area contributed by atoms with Crippen LogP contribution in [0.25, 0.3) is 11.1 Å². The number of nitrogens with one attached hydrogen (secondary N) is 1. The number of hydrogen-bond acceptors (Lipinski definition) is 7. The first kappa shape index (κ1) is 18.7. The zero-order valence-electron chi connectivity index (χ0n) is 17.3. The van der Waals surface area contributed by atoms with E-state index in [1.54, 1.807) is 18.9 Å². The highest BCUT2D eigenvalue weighted by Gasteiger charge is 2.40. The number of benzene rings is 1. The zero-order valence-corrected chi connectivity index (χ0v) is 17.3. The Kier molecular flexibility index (Phi) is 4.30. The molecule has 1 aliphatic heterocycles. The standard InChI is InChI=1S/C22H24N4O4/c1-13-17(18-19(25-22(2)7-8-22)23-12-24-20(18)29-13)21(27)26-10-16(11-26)30-15-6-4-5-14(9-15)28-3/h4-6,9,12,16H,7-8,10-11H2,1-3H3,(H,23,24,25). The number of aromatic nitrogens is 2. The zero-order chi connectivity index (χ0) is 20.9. The van der Waals surface area contributed by atoms with Gasteiger partial charge in [0.25, 0.3) is 5.91 Å². The van der Waals surface area contributed by atoms with Gasteiger partial charge in [-0.1, -0.05) is 6.07 Å². The van der Waals surface area contributed by atoms with Crippen LogP contribution in [0.4, 0.5) is 5.82 Å². The van der Waals surface area contributed by atoms with Gasteiger partial charge in [-0.05, 0) is 38.8 Å². The number of carbonyl (C=O) groups is 1. The largest absolute Gasteiger partial charge is 0.497 e. The van der Waals surface area contributed by atoms with E-state index in [-0.39, 0.29) is 17.6 Å². The maximum atomic E-state index is 13.3. The number of amides is 1. The molecule has 1 saturated carbocycles. The first-order chi connectivity index (χ1) is 14.5. The number of anilines is 1. The van der Waals surface area contributed by atoms with Gasteiger partial charge in [-0.2, -0.15) is 0 Å². The van der Waals surface area contributed by atoms with Gasteiger partial charge in [-0.25, -0.2) is 9.97 Å². The van der Waals surface area contributed by atoms with Crippen molar-refractivity contribution in [2.45, 2.75) is 38.3 Å². The summed E-state index contributed by atoms with van der Waals surface area (Å²) in [7, 11) is 1.62. The maximum Gasteiger partial charge on any atom is 0.258 e. The molecular weight excluding hydrogens is 384 g/mol. The Morgan fingerprint density at radius 2 is 2.03 bits per heavy atom. The summed E-state index contributed by atoms with van der Waals surface area (Å²) in [5, 5.41) is 4.11. The van der Waals surface area contributed by atoms with E-state index in [4.69, 9.17) is 13.9 Å². The molecule has 3 aromatic rings. The molecule has 2 aromatic heterocycles. The van der Waals surface area contributed by atoms with Crippen molar-refractivity contribution in [3.63, 3.8) is 0 Å². The lowest BCUT2D eigenvalue weighted by atomic mass is 10.1. The molecule has 0 atom stereocenters. The minimum Gasteiger partial charge on any atom is -0.497 e. The summed E-state index contributed by atoms with van der Waals surface area (Å²) >= 11 is 0. The minimum atomic E-state index is -0.0875. The number of carbonyl (C=O) groups excluding carboxylic acids is 1. The van der Waals surface area contributed by atoms with Crippen molar-refractivity contribution in [1.82, 2.24) is 14.9 Å². The molecule has 0 radical (unpaired) electrons. The van der Waals surface area contributed by atoms with Crippen LogP contribution < -0.4 is 14.8 Å². The predicted octanol–water partition coefficient (Wildman–Crippen LogP) is 3.41. The second-order valence-electron chi connectivity index (χ2n) is 8.25. The van der Waals surface area contributed by atoms with Crippen LogP contribution in [0, 0.1) is 6.92 Å². The molecule has 0 bridgehead atoms. The van der Waals surface area contributed by atoms with Crippen molar-refractivity contribution in [3.05, 3.63) is 41.9 Å². The fourth-order valence-corrected chi connectivity index (χ4v) is 3.70. The van der Waals surface area contributed by atoms with Gasteiger partial charge in [-0.15, -0.1) is 0 Å². The van der Waals surface area contributed by atoms with Crippen molar-refractivity contribution in [3.8, 4) is 11.5 Å². The second kappa shape index (κ2) is 6.90. The van der Waals surface area contributed by atoms with Gasteiger partial charge in [-0.3, -0.25) is 4.79 Å². The molecule has 156 valence electrons. The highest BCUT2D eigenvalue weighted by molar-refractivity contribution is 6.10. The molecule has 5 rings (SSSR count). The Bertz CT molecular complexity index is 1120. The lowest BCUT2D eigenvalue weighted by Crippen LogP contribution is -2.56. The molecular formula is C22H24N4O4. The van der Waals surface area contributed by atoms with Crippen LogP contribution in [0.1, 0.15) is 35.9 Å². The summed E-state index contributed by atoms with van der Waals surface area (Å²) in [6.45, 7) is 4.96. The Labute approximate surface area is 174 Å². The van der Waals surface area contributed by atoms with E-state index in [1.165, 1.54) is 6.33 Å². The molecule has 1 aliphatic carbocycles. The molecule has 1 saturated heterocycles. The van der Waals surface area contributed by atoms with Crippen LogP contribution in [0.2, 0.25) is 0 Å². The van der Waals surface area contributed by atoms with E-state index in [0.29, 0.717) is 41.3 Å². The van der Waals surface area contributed by atoms with E-state index in [2.05, 4.69) is 22.2 Å². The number of rotatable bonds is 6. The van der Waals surface area contributed by atoms with Gasteiger partial charge in [0.15, 0.2) is 0 Å². The van der Waals surface area contributed by atoms with Crippen molar-refractivity contribution in [2.75, 3.05) is 25.5 Å². The number of methoxy groups -OCH3 is 1. The van der Waals surface area contributed by atoms with Crippen LogP contribution in [0.15, 0.2) is 35.0 Å². The Balaban J connectivity index is 1.34. The van der Waals surface area contributed by atoms with E-state index >= 15 is 0 Å². The van der Waals surface area contributed by atoms with Gasteiger partial charge in [0.2, 0.25) is 5.71 Å². The van der Waals surface area contributed by atoms with Crippen molar-refractivity contribution in [2.24, 2.45) is 0 Å². The number of aryl methyl sites for hydroxylation is 1. The molecule has 2 aliphatic rings. The monoisotopic (exact) mass is 408 g/mol. The summed E-state index contributed by atoms with van der Waals surface area (Å²) in [6.07, 6.45) is 3.57. The smallest absolute Gasteiger partial charge is 0.258 e. The van der Waals surface area contributed by atoms with Gasteiger partial charge >= 0.3 is 0 Å². The summed E-state index contributed by atoms with van der Waals surface area (Å²) in [4.78, 5) is 23.6. The lowest BCUT2D eigenvalue weighted by Gasteiger charge is -2.39. The van der Waals surface area contributed by atoms with Gasteiger partial charge in [0.1, 0.15) is 35.5 Å². The molecule has 1 N–H and O–H groups in total. The summed E-state index contributed by atoms with van der Waals surface area (Å²) in [5.74, 6) is 2.59. The molecule has 3 heterocycles. The minimum absolute atomic E-state index is 0.0270. The van der Waals surface area contributed by atoms with E-state index in [9.17, 15) is 4.79 Å². The average molecular weight is 408 g/mol. The van der Waals surface area contributed by atoms with E-state index in [1.807, 2.05) is 24.3 Å². The Morgan fingerprint density at radius 3 is 2.77 bits per heavy atom. The van der Waals surface area contributed by atoms with Crippen LogP contribution in [-0.4, -0.2) is 52.6 Å². The van der Waals surface area contributed by atoms with Crippen LogP contribution in [0.3, 0.4) is 0 Å². The average Bonchev–Trinajstić information content (AvgIpc) is 3.32. The normalized spacial score (nSPS) is 17.5. The van der Waals surface area contributed by atoms with Crippen molar-refractivity contribution >= 4 is 22.8 Å². The number of ether oxygens (including phenoxy) is 2. The first-order valence-corrected chi connectivity index (χ1v) is 10.1. The highest BCUT2D eigenvalue weighted by Crippen LogP contribution is 2.40. The van der Waals surface area contributed by atoms with Crippen LogP contribution in [-0.2, 0) is 0 Å². The van der Waals surface area contributed by atoms with Crippen molar-refractivity contribution < 1.29 is 18.7 Å². The molecule has 1 aromatic carbocycles. The fourth-order valence-electron chi connectivity index (χ4n) is 3.70. The van der Waals surface area contributed by atoms with E-state index < -0.39 is 0 Å². The Hall–Kier alpha value is -3.29. The SMILES string of the molecule is COc1cccc(OC2CN(C(=O)c3c(C)oc4ncnc(NC5(C)CC5)c34)C2)c1. The molecule has 8 nitrogen and oxygen atoms in total. The number of likely N-dealkylation sites (tertiary alicyclic amines) is 1. The summed E-state index contributed by atoms with van der Waals surface area (Å²) < 4.78 is 17.0. The van der Waals surface area contributed by atoms with E-state index in [0.717, 1.165) is 24.3 Å². The molecule has 0 unspecified atom stereocenters. The highest BCUT2D eigenvalue weighted by atomic mass is 16.5. The van der Waals surface area contributed by atoms with Gasteiger partial charge in [0.05, 0.1) is 31.1 Å². The Morgan fingerprint density at radius 1 is 1.27 bits per heavy atom. The number of fused-ring (bicyclic) bond motifs is 1. The number of hydrogen-bond donors (Lipinski definition) is 1. The van der Waals surface area contributed by atoms with Crippen LogP contribution in [0.5, 0.6) is 11.5 Å². The quantitative estimate of drug-likeness (QED) is 0.668. The number of furan rings is 1. The third-order valence-corrected chi connectivity index (χ3v) is 5.78. The fraction of sp³-hybridized carbons (Fsp3) is 0.409. The summed E-state index contributed by atoms with van der Waals surface area (Å²) in [5.41, 5.74) is 0.985. The van der Waals surface area contributed by atoms with Gasteiger partial charge < -0.3 is 24.1 Å². The maximum absolute atomic E-state index is 13.3. The third-order valence-electron chi connectivity index (χ3n) is 5.78. The van der Waals surface area contributed by atoms with Crippen molar-refractivity contribution in [1.29, 1.82) is 0 Å². The third kappa shape index (κ3) is 3.32. The lowest BCUT2D eigenvalue weighted by molar-refractivity contribution is 0.0177.